The Morgan fingerprint density at radius 3 is 2.05 bits per heavy atom. The molecule has 0 fully saturated rings. The van der Waals surface area contributed by atoms with Crippen LogP contribution in [-0.4, -0.2) is 25.2 Å². The summed E-state index contributed by atoms with van der Waals surface area (Å²) >= 11 is 0. The van der Waals surface area contributed by atoms with Crippen molar-refractivity contribution in [1.29, 1.82) is 0 Å². The predicted octanol–water partition coefficient (Wildman–Crippen LogP) is 8.39. The molecule has 1 atom stereocenters. The van der Waals surface area contributed by atoms with Crippen LogP contribution in [0.25, 0.3) is 10.8 Å². The fourth-order valence-corrected chi connectivity index (χ4v) is 3.94. The van der Waals surface area contributed by atoms with Crippen LogP contribution >= 0.6 is 0 Å². The molecule has 198 valence electrons. The number of ether oxygens (including phenoxy) is 3. The molecule has 0 spiro atoms. The van der Waals surface area contributed by atoms with E-state index in [2.05, 4.69) is 20.8 Å². The van der Waals surface area contributed by atoms with E-state index in [-0.39, 0.29) is 5.97 Å². The number of fused-ring (bicyclic) bond motifs is 1. The monoisotopic (exact) mass is 504 g/mol. The Morgan fingerprint density at radius 2 is 1.32 bits per heavy atom. The third-order valence-electron chi connectivity index (χ3n) is 6.56. The summed E-state index contributed by atoms with van der Waals surface area (Å²) < 4.78 is 16.8. The first-order valence-electron chi connectivity index (χ1n) is 13.7. The average molecular weight is 505 g/mol. The van der Waals surface area contributed by atoms with Crippen LogP contribution in [0, 0.1) is 5.92 Å². The molecule has 0 N–H and O–H groups in total. The average Bonchev–Trinajstić information content (AvgIpc) is 2.92. The molecule has 0 saturated heterocycles. The van der Waals surface area contributed by atoms with Gasteiger partial charge in [-0.15, -0.1) is 0 Å². The van der Waals surface area contributed by atoms with Gasteiger partial charge < -0.3 is 14.2 Å². The molecule has 0 amide bonds. The highest BCUT2D eigenvalue weighted by Crippen LogP contribution is 2.24. The molecular formula is C32H40O5. The van der Waals surface area contributed by atoms with Crippen LogP contribution in [-0.2, 0) is 4.74 Å². The minimum Gasteiger partial charge on any atom is -0.494 e. The number of carbonyl (C=O) groups is 2. The van der Waals surface area contributed by atoms with E-state index in [0.717, 1.165) is 29.4 Å². The molecule has 3 aromatic carbocycles. The van der Waals surface area contributed by atoms with Crippen molar-refractivity contribution in [3.63, 3.8) is 0 Å². The van der Waals surface area contributed by atoms with Gasteiger partial charge in [-0.25, -0.2) is 9.59 Å². The van der Waals surface area contributed by atoms with Gasteiger partial charge in [0.15, 0.2) is 0 Å². The summed E-state index contributed by atoms with van der Waals surface area (Å²) in [5, 5.41) is 1.75. The second-order valence-corrected chi connectivity index (χ2v) is 9.72. The first-order chi connectivity index (χ1) is 18.0. The van der Waals surface area contributed by atoms with Gasteiger partial charge in [0.2, 0.25) is 0 Å². The lowest BCUT2D eigenvalue weighted by atomic mass is 10.1. The first kappa shape index (κ1) is 28.2. The number of hydrogen-bond acceptors (Lipinski definition) is 5. The predicted molar refractivity (Wildman–Crippen MR) is 149 cm³/mol. The van der Waals surface area contributed by atoms with Gasteiger partial charge in [0.25, 0.3) is 0 Å². The Bertz CT molecular complexity index is 1140. The van der Waals surface area contributed by atoms with Crippen molar-refractivity contribution in [2.75, 3.05) is 13.2 Å². The topological polar surface area (TPSA) is 61.8 Å². The highest BCUT2D eigenvalue weighted by atomic mass is 16.5. The standard InChI is InChI=1S/C32H40O5/c1-4-6-7-8-9-10-11-20-35-29-17-14-25(15-18-29)32(34)37-30-19-16-26-21-28(13-12-27(26)22-30)31(33)36-23-24(3)5-2/h12-19,21-22,24H,4-11,20,23H2,1-3H3/t24-/m0/s1. The maximum atomic E-state index is 12.6. The molecule has 0 bridgehead atoms. The van der Waals surface area contributed by atoms with Crippen molar-refractivity contribution in [1.82, 2.24) is 0 Å². The summed E-state index contributed by atoms with van der Waals surface area (Å²) in [5.41, 5.74) is 0.970. The van der Waals surface area contributed by atoms with Crippen molar-refractivity contribution < 1.29 is 23.8 Å². The van der Waals surface area contributed by atoms with Crippen LogP contribution in [0.15, 0.2) is 60.7 Å². The molecule has 0 radical (unpaired) electrons. The molecule has 5 nitrogen and oxygen atoms in total. The maximum Gasteiger partial charge on any atom is 0.343 e. The zero-order chi connectivity index (χ0) is 26.5. The minimum atomic E-state index is -0.428. The second-order valence-electron chi connectivity index (χ2n) is 9.72. The zero-order valence-corrected chi connectivity index (χ0v) is 22.5. The third kappa shape index (κ3) is 9.23. The lowest BCUT2D eigenvalue weighted by Gasteiger charge is -2.10. The molecule has 3 rings (SSSR count). The molecule has 0 heterocycles. The van der Waals surface area contributed by atoms with Crippen LogP contribution in [0.2, 0.25) is 0 Å². The van der Waals surface area contributed by atoms with Gasteiger partial charge >= 0.3 is 11.9 Å². The van der Waals surface area contributed by atoms with Crippen LogP contribution in [0.1, 0.15) is 92.9 Å². The van der Waals surface area contributed by atoms with Crippen LogP contribution in [0.4, 0.5) is 0 Å². The van der Waals surface area contributed by atoms with E-state index in [4.69, 9.17) is 14.2 Å². The van der Waals surface area contributed by atoms with E-state index in [1.807, 2.05) is 12.1 Å². The van der Waals surface area contributed by atoms with Crippen molar-refractivity contribution in [3.8, 4) is 11.5 Å². The maximum absolute atomic E-state index is 12.6. The number of carbonyl (C=O) groups excluding carboxylic acids is 2. The summed E-state index contributed by atoms with van der Waals surface area (Å²) in [6.45, 7) is 7.45. The van der Waals surface area contributed by atoms with E-state index < -0.39 is 5.97 Å². The van der Waals surface area contributed by atoms with Crippen molar-refractivity contribution in [3.05, 3.63) is 71.8 Å². The van der Waals surface area contributed by atoms with Crippen LogP contribution in [0.3, 0.4) is 0 Å². The molecule has 37 heavy (non-hydrogen) atoms. The number of benzene rings is 3. The van der Waals surface area contributed by atoms with E-state index in [1.54, 1.807) is 48.5 Å². The number of unbranched alkanes of at least 4 members (excludes halogenated alkanes) is 6. The molecule has 0 aliphatic carbocycles. The summed E-state index contributed by atoms with van der Waals surface area (Å²) in [4.78, 5) is 25.0. The van der Waals surface area contributed by atoms with Crippen molar-refractivity contribution in [2.24, 2.45) is 5.92 Å². The van der Waals surface area contributed by atoms with Crippen LogP contribution < -0.4 is 9.47 Å². The molecule has 0 aromatic heterocycles. The fraction of sp³-hybridized carbons (Fsp3) is 0.438. The number of rotatable bonds is 15. The van der Waals surface area contributed by atoms with Gasteiger partial charge in [0.05, 0.1) is 24.3 Å². The SMILES string of the molecule is CCCCCCCCCOc1ccc(C(=O)Oc2ccc3cc(C(=O)OC[C@@H](C)CC)ccc3c2)cc1. The minimum absolute atomic E-state index is 0.326. The van der Waals surface area contributed by atoms with Crippen molar-refractivity contribution in [2.45, 2.75) is 72.1 Å². The summed E-state index contributed by atoms with van der Waals surface area (Å²) in [5.74, 6) is 0.784. The summed E-state index contributed by atoms with van der Waals surface area (Å²) in [6, 6.07) is 17.8. The van der Waals surface area contributed by atoms with Gasteiger partial charge in [-0.05, 0) is 71.6 Å². The number of hydrogen-bond donors (Lipinski definition) is 0. The highest BCUT2D eigenvalue weighted by molar-refractivity contribution is 5.96. The smallest absolute Gasteiger partial charge is 0.343 e. The normalized spacial score (nSPS) is 11.8. The molecule has 0 aliphatic rings. The van der Waals surface area contributed by atoms with Gasteiger partial charge in [-0.3, -0.25) is 0 Å². The van der Waals surface area contributed by atoms with Crippen molar-refractivity contribution >= 4 is 22.7 Å². The second kappa shape index (κ2) is 15.0. The Hall–Kier alpha value is -3.34. The largest absolute Gasteiger partial charge is 0.494 e. The Labute approximate surface area is 221 Å². The summed E-state index contributed by atoms with van der Waals surface area (Å²) in [7, 11) is 0. The molecule has 3 aromatic rings. The quantitative estimate of drug-likeness (QED) is 0.118. The van der Waals surface area contributed by atoms with E-state index in [9.17, 15) is 9.59 Å². The van der Waals surface area contributed by atoms with Gasteiger partial charge in [-0.1, -0.05) is 77.8 Å². The third-order valence-corrected chi connectivity index (χ3v) is 6.56. The molecule has 0 saturated carbocycles. The van der Waals surface area contributed by atoms with Gasteiger partial charge in [0, 0.05) is 0 Å². The molecule has 5 heteroatoms. The van der Waals surface area contributed by atoms with E-state index in [0.29, 0.717) is 36.0 Å². The Kier molecular flexibility index (Phi) is 11.5. The van der Waals surface area contributed by atoms with Crippen LogP contribution in [0.5, 0.6) is 11.5 Å². The Balaban J connectivity index is 1.48. The fourth-order valence-electron chi connectivity index (χ4n) is 3.94. The zero-order valence-electron chi connectivity index (χ0n) is 22.5. The lowest BCUT2D eigenvalue weighted by Crippen LogP contribution is -2.11. The molecule has 0 aliphatic heterocycles. The van der Waals surface area contributed by atoms with E-state index in [1.165, 1.54) is 38.5 Å². The molecule has 0 unspecified atom stereocenters. The van der Waals surface area contributed by atoms with Gasteiger partial charge in [-0.2, -0.15) is 0 Å². The first-order valence-corrected chi connectivity index (χ1v) is 13.7. The Morgan fingerprint density at radius 1 is 0.703 bits per heavy atom. The van der Waals surface area contributed by atoms with E-state index >= 15 is 0 Å². The lowest BCUT2D eigenvalue weighted by molar-refractivity contribution is 0.0447. The molecular weight excluding hydrogens is 464 g/mol. The van der Waals surface area contributed by atoms with Gasteiger partial charge in [0.1, 0.15) is 11.5 Å². The summed E-state index contributed by atoms with van der Waals surface area (Å²) in [6.07, 6.45) is 9.67. The number of esters is 2. The highest BCUT2D eigenvalue weighted by Gasteiger charge is 2.12.